The second kappa shape index (κ2) is 5.48. The van der Waals surface area contributed by atoms with E-state index < -0.39 is 0 Å². The van der Waals surface area contributed by atoms with Crippen molar-refractivity contribution in [1.82, 2.24) is 14.9 Å². The molecular weight excluding hydrogens is 198 g/mol. The van der Waals surface area contributed by atoms with Crippen LogP contribution in [0.3, 0.4) is 0 Å². The van der Waals surface area contributed by atoms with Gasteiger partial charge in [-0.3, -0.25) is 0 Å². The van der Waals surface area contributed by atoms with Gasteiger partial charge < -0.3 is 9.88 Å². The minimum Gasteiger partial charge on any atom is -0.337 e. The molecule has 3 nitrogen and oxygen atoms in total. The summed E-state index contributed by atoms with van der Waals surface area (Å²) in [6, 6.07) is 0.768. The van der Waals surface area contributed by atoms with E-state index in [9.17, 15) is 0 Å². The Bertz CT molecular complexity index is 311. The molecule has 1 fully saturated rings. The minimum atomic E-state index is 0.768. The summed E-state index contributed by atoms with van der Waals surface area (Å²) in [4.78, 5) is 4.44. The summed E-state index contributed by atoms with van der Waals surface area (Å²) in [5, 5.41) is 3.49. The van der Waals surface area contributed by atoms with E-state index in [0.29, 0.717) is 0 Å². The normalized spacial score (nSPS) is 15.9. The third kappa shape index (κ3) is 3.34. The van der Waals surface area contributed by atoms with Crippen LogP contribution in [0.5, 0.6) is 0 Å². The third-order valence-corrected chi connectivity index (χ3v) is 3.46. The molecule has 0 aromatic carbocycles. The molecule has 0 saturated heterocycles. The van der Waals surface area contributed by atoms with Gasteiger partial charge in [-0.15, -0.1) is 0 Å². The number of hydrogen-bond acceptors (Lipinski definition) is 2. The number of nitrogens with zero attached hydrogens (tertiary/aromatic N) is 2. The molecule has 1 N–H and O–H groups in total. The maximum atomic E-state index is 4.44. The van der Waals surface area contributed by atoms with Gasteiger partial charge >= 0.3 is 0 Å². The second-order valence-corrected chi connectivity index (χ2v) is 4.90. The summed E-state index contributed by atoms with van der Waals surface area (Å²) in [6.07, 6.45) is 9.35. The summed E-state index contributed by atoms with van der Waals surface area (Å²) >= 11 is 0. The van der Waals surface area contributed by atoms with E-state index >= 15 is 0 Å². The first-order chi connectivity index (χ1) is 7.81. The van der Waals surface area contributed by atoms with Crippen LogP contribution in [-0.4, -0.2) is 15.6 Å². The van der Waals surface area contributed by atoms with Crippen LogP contribution >= 0.6 is 0 Å². The van der Waals surface area contributed by atoms with Gasteiger partial charge in [0.25, 0.3) is 0 Å². The van der Waals surface area contributed by atoms with Crippen molar-refractivity contribution >= 4 is 0 Å². The van der Waals surface area contributed by atoms with Gasteiger partial charge in [0, 0.05) is 25.3 Å². The lowest BCUT2D eigenvalue weighted by molar-refractivity contribution is 0.418. The highest BCUT2D eigenvalue weighted by atomic mass is 15.1. The highest BCUT2D eigenvalue weighted by molar-refractivity contribution is 4.98. The van der Waals surface area contributed by atoms with Crippen molar-refractivity contribution in [2.75, 3.05) is 0 Å². The van der Waals surface area contributed by atoms with Gasteiger partial charge in [0.15, 0.2) is 0 Å². The molecular formula is C13H23N3. The first kappa shape index (κ1) is 11.6. The predicted molar refractivity (Wildman–Crippen MR) is 66.2 cm³/mol. The average Bonchev–Trinajstić information content (AvgIpc) is 3.03. The van der Waals surface area contributed by atoms with Gasteiger partial charge in [0.2, 0.25) is 0 Å². The summed E-state index contributed by atoms with van der Waals surface area (Å²) in [6.45, 7) is 6.57. The fourth-order valence-corrected chi connectivity index (χ4v) is 1.98. The first-order valence-corrected chi connectivity index (χ1v) is 6.55. The Hall–Kier alpha value is -0.830. The maximum Gasteiger partial charge on any atom is 0.0950 e. The van der Waals surface area contributed by atoms with E-state index in [2.05, 4.69) is 34.9 Å². The number of hydrogen-bond donors (Lipinski definition) is 1. The van der Waals surface area contributed by atoms with Crippen LogP contribution in [0.4, 0.5) is 0 Å². The molecule has 2 rings (SSSR count). The molecule has 1 saturated carbocycles. The first-order valence-electron chi connectivity index (χ1n) is 6.55. The second-order valence-electron chi connectivity index (χ2n) is 4.90. The lowest BCUT2D eigenvalue weighted by atomic mass is 10.0. The fourth-order valence-electron chi connectivity index (χ4n) is 1.98. The zero-order chi connectivity index (χ0) is 11.4. The standard InChI is InChI=1S/C13H23N3/c1-3-11(4-2)8-16-9-13(15-10-16)7-14-12-5-6-12/h9-12,14H,3-8H2,1-2H3. The van der Waals surface area contributed by atoms with Crippen molar-refractivity contribution in [2.24, 2.45) is 5.92 Å². The molecule has 0 aliphatic heterocycles. The summed E-state index contributed by atoms with van der Waals surface area (Å²) in [7, 11) is 0. The van der Waals surface area contributed by atoms with Crippen molar-refractivity contribution in [3.05, 3.63) is 18.2 Å². The van der Waals surface area contributed by atoms with Crippen LogP contribution < -0.4 is 5.32 Å². The molecule has 0 bridgehead atoms. The van der Waals surface area contributed by atoms with Gasteiger partial charge in [-0.25, -0.2) is 4.98 Å². The Balaban J connectivity index is 1.80. The van der Waals surface area contributed by atoms with Crippen LogP contribution in [0, 0.1) is 5.92 Å². The van der Waals surface area contributed by atoms with Crippen molar-refractivity contribution in [1.29, 1.82) is 0 Å². The zero-order valence-corrected chi connectivity index (χ0v) is 10.4. The number of aromatic nitrogens is 2. The molecule has 1 aliphatic carbocycles. The maximum absolute atomic E-state index is 4.44. The summed E-state index contributed by atoms with van der Waals surface area (Å²) in [5.74, 6) is 0.790. The summed E-state index contributed by atoms with van der Waals surface area (Å²) in [5.41, 5.74) is 1.18. The third-order valence-electron chi connectivity index (χ3n) is 3.46. The highest BCUT2D eigenvalue weighted by Crippen LogP contribution is 2.19. The molecule has 1 aliphatic rings. The smallest absolute Gasteiger partial charge is 0.0950 e. The van der Waals surface area contributed by atoms with Gasteiger partial charge in [0.1, 0.15) is 0 Å². The van der Waals surface area contributed by atoms with Crippen LogP contribution in [0.15, 0.2) is 12.5 Å². The molecule has 90 valence electrons. The van der Waals surface area contributed by atoms with Gasteiger partial charge in [0.05, 0.1) is 12.0 Å². The monoisotopic (exact) mass is 221 g/mol. The molecule has 1 heterocycles. The Morgan fingerprint density at radius 3 is 2.81 bits per heavy atom. The molecule has 0 radical (unpaired) electrons. The van der Waals surface area contributed by atoms with Crippen LogP contribution in [0.1, 0.15) is 45.2 Å². The van der Waals surface area contributed by atoms with Crippen LogP contribution in [-0.2, 0) is 13.1 Å². The highest BCUT2D eigenvalue weighted by Gasteiger charge is 2.20. The van der Waals surface area contributed by atoms with E-state index in [-0.39, 0.29) is 0 Å². The fraction of sp³-hybridized carbons (Fsp3) is 0.769. The van der Waals surface area contributed by atoms with Crippen molar-refractivity contribution in [2.45, 2.75) is 58.7 Å². The van der Waals surface area contributed by atoms with Crippen LogP contribution in [0.25, 0.3) is 0 Å². The largest absolute Gasteiger partial charge is 0.337 e. The van der Waals surface area contributed by atoms with Gasteiger partial charge in [-0.1, -0.05) is 26.7 Å². The molecule has 1 aromatic rings. The summed E-state index contributed by atoms with van der Waals surface area (Å²) < 4.78 is 2.24. The van der Waals surface area contributed by atoms with Crippen molar-refractivity contribution < 1.29 is 0 Å². The molecule has 1 aromatic heterocycles. The van der Waals surface area contributed by atoms with Crippen molar-refractivity contribution in [3.8, 4) is 0 Å². The molecule has 0 spiro atoms. The minimum absolute atomic E-state index is 0.768. The van der Waals surface area contributed by atoms with Gasteiger partial charge in [-0.05, 0) is 18.8 Å². The zero-order valence-electron chi connectivity index (χ0n) is 10.4. The van der Waals surface area contributed by atoms with E-state index in [4.69, 9.17) is 0 Å². The van der Waals surface area contributed by atoms with Gasteiger partial charge in [-0.2, -0.15) is 0 Å². The predicted octanol–water partition coefficient (Wildman–Crippen LogP) is 2.57. The quantitative estimate of drug-likeness (QED) is 0.767. The van der Waals surface area contributed by atoms with E-state index in [1.807, 2.05) is 6.33 Å². The molecule has 0 amide bonds. The molecule has 16 heavy (non-hydrogen) atoms. The van der Waals surface area contributed by atoms with Crippen LogP contribution in [0.2, 0.25) is 0 Å². The van der Waals surface area contributed by atoms with E-state index in [0.717, 1.165) is 25.0 Å². The SMILES string of the molecule is CCC(CC)Cn1cnc(CNC2CC2)c1. The van der Waals surface area contributed by atoms with Crippen molar-refractivity contribution in [3.63, 3.8) is 0 Å². The Kier molecular flexibility index (Phi) is 3.99. The number of rotatable bonds is 7. The molecule has 0 unspecified atom stereocenters. The molecule has 3 heteroatoms. The number of imidazole rings is 1. The Labute approximate surface area is 98.3 Å². The lowest BCUT2D eigenvalue weighted by Crippen LogP contribution is -2.15. The molecule has 0 atom stereocenters. The average molecular weight is 221 g/mol. The Morgan fingerprint density at radius 1 is 1.44 bits per heavy atom. The Morgan fingerprint density at radius 2 is 2.19 bits per heavy atom. The van der Waals surface area contributed by atoms with E-state index in [1.165, 1.54) is 31.4 Å². The number of nitrogens with one attached hydrogen (secondary N) is 1. The topological polar surface area (TPSA) is 29.9 Å². The van der Waals surface area contributed by atoms with E-state index in [1.54, 1.807) is 0 Å². The lowest BCUT2D eigenvalue weighted by Gasteiger charge is -2.12.